The van der Waals surface area contributed by atoms with E-state index in [1.165, 1.54) is 0 Å². The average molecular weight is 166 g/mol. The second-order valence-corrected chi connectivity index (χ2v) is 2.99. The van der Waals surface area contributed by atoms with Crippen molar-refractivity contribution in [3.63, 3.8) is 0 Å². The third-order valence-corrected chi connectivity index (χ3v) is 2.09. The quantitative estimate of drug-likeness (QED) is 0.720. The minimum absolute atomic E-state index is 0.0417. The zero-order valence-corrected chi connectivity index (χ0v) is 7.77. The number of aromatic nitrogens is 2. The van der Waals surface area contributed by atoms with Crippen molar-refractivity contribution in [3.05, 3.63) is 27.2 Å². The Morgan fingerprint density at radius 3 is 2.67 bits per heavy atom. The molecule has 1 aromatic rings. The molecule has 12 heavy (non-hydrogen) atoms. The van der Waals surface area contributed by atoms with Crippen molar-refractivity contribution in [2.75, 3.05) is 0 Å². The fourth-order valence-corrected chi connectivity index (χ4v) is 1.23. The Hall–Kier alpha value is -1.12. The van der Waals surface area contributed by atoms with Gasteiger partial charge in [-0.15, -0.1) is 0 Å². The molecule has 0 radical (unpaired) electrons. The van der Waals surface area contributed by atoms with Crippen molar-refractivity contribution in [3.8, 4) is 0 Å². The van der Waals surface area contributed by atoms with Crippen molar-refractivity contribution in [2.45, 2.75) is 33.6 Å². The van der Waals surface area contributed by atoms with E-state index in [2.05, 4.69) is 17.1 Å². The molecule has 3 nitrogen and oxygen atoms in total. The summed E-state index contributed by atoms with van der Waals surface area (Å²) in [5.41, 5.74) is 2.78. The maximum Gasteiger partial charge on any atom is 0.267 e. The highest BCUT2D eigenvalue weighted by Gasteiger charge is 2.05. The molecule has 0 unspecified atom stereocenters. The number of hydrogen-bond donors (Lipinski definition) is 1. The van der Waals surface area contributed by atoms with Crippen LogP contribution in [-0.4, -0.2) is 10.2 Å². The molecule has 1 N–H and O–H groups in total. The van der Waals surface area contributed by atoms with Gasteiger partial charge in [0.2, 0.25) is 0 Å². The van der Waals surface area contributed by atoms with Gasteiger partial charge >= 0.3 is 0 Å². The van der Waals surface area contributed by atoms with Crippen LogP contribution in [0.2, 0.25) is 0 Å². The van der Waals surface area contributed by atoms with Crippen LogP contribution in [0.25, 0.3) is 0 Å². The molecule has 1 rings (SSSR count). The average Bonchev–Trinajstić information content (AvgIpc) is 2.06. The van der Waals surface area contributed by atoms with Crippen LogP contribution in [-0.2, 0) is 6.42 Å². The van der Waals surface area contributed by atoms with Gasteiger partial charge < -0.3 is 0 Å². The van der Waals surface area contributed by atoms with Gasteiger partial charge in [-0.1, -0.05) is 13.3 Å². The molecule has 0 fully saturated rings. The van der Waals surface area contributed by atoms with Crippen LogP contribution in [0, 0.1) is 13.8 Å². The second-order valence-electron chi connectivity index (χ2n) is 2.99. The van der Waals surface area contributed by atoms with Crippen LogP contribution in [0.4, 0.5) is 0 Å². The van der Waals surface area contributed by atoms with Crippen LogP contribution in [0.1, 0.15) is 30.2 Å². The normalized spacial score (nSPS) is 10.2. The minimum Gasteiger partial charge on any atom is -0.268 e. The third kappa shape index (κ3) is 1.55. The van der Waals surface area contributed by atoms with Crippen molar-refractivity contribution in [2.24, 2.45) is 0 Å². The molecule has 1 aromatic heterocycles. The van der Waals surface area contributed by atoms with Crippen LogP contribution in [0.15, 0.2) is 4.79 Å². The van der Waals surface area contributed by atoms with Crippen LogP contribution in [0.3, 0.4) is 0 Å². The zero-order chi connectivity index (χ0) is 9.14. The van der Waals surface area contributed by atoms with E-state index in [1.54, 1.807) is 0 Å². The first-order valence-electron chi connectivity index (χ1n) is 4.21. The van der Waals surface area contributed by atoms with Gasteiger partial charge in [-0.05, 0) is 25.8 Å². The van der Waals surface area contributed by atoms with Gasteiger partial charge in [-0.25, -0.2) is 5.10 Å². The van der Waals surface area contributed by atoms with Crippen LogP contribution in [0.5, 0.6) is 0 Å². The second kappa shape index (κ2) is 3.52. The highest BCUT2D eigenvalue weighted by molar-refractivity contribution is 5.25. The lowest BCUT2D eigenvalue weighted by Crippen LogP contribution is -2.17. The highest BCUT2D eigenvalue weighted by Crippen LogP contribution is 2.06. The lowest BCUT2D eigenvalue weighted by atomic mass is 10.1. The van der Waals surface area contributed by atoms with Gasteiger partial charge in [-0.3, -0.25) is 4.79 Å². The minimum atomic E-state index is -0.0417. The maximum atomic E-state index is 11.3. The summed E-state index contributed by atoms with van der Waals surface area (Å²) in [5, 5.41) is 6.37. The molecule has 0 atom stereocenters. The molecule has 0 amide bonds. The molecule has 0 saturated carbocycles. The van der Waals surface area contributed by atoms with E-state index < -0.39 is 0 Å². The summed E-state index contributed by atoms with van der Waals surface area (Å²) in [6.07, 6.45) is 1.83. The Morgan fingerprint density at radius 2 is 2.08 bits per heavy atom. The van der Waals surface area contributed by atoms with Gasteiger partial charge in [0.15, 0.2) is 0 Å². The SMILES string of the molecule is CCCc1c(C)c(C)n[nH]c1=O. The number of aryl methyl sites for hydroxylation is 1. The lowest BCUT2D eigenvalue weighted by molar-refractivity contribution is 0.837. The van der Waals surface area contributed by atoms with Gasteiger partial charge in [-0.2, -0.15) is 5.10 Å². The van der Waals surface area contributed by atoms with E-state index in [0.717, 1.165) is 29.7 Å². The molecule has 3 heteroatoms. The summed E-state index contributed by atoms with van der Waals surface area (Å²) < 4.78 is 0. The standard InChI is InChI=1S/C9H14N2O/c1-4-5-8-6(2)7(3)10-11-9(8)12/h4-5H2,1-3H3,(H,11,12). The van der Waals surface area contributed by atoms with Crippen molar-refractivity contribution in [1.29, 1.82) is 0 Å². The van der Waals surface area contributed by atoms with E-state index >= 15 is 0 Å². The first-order chi connectivity index (χ1) is 5.66. The molecule has 0 bridgehead atoms. The Kier molecular flexibility index (Phi) is 2.63. The van der Waals surface area contributed by atoms with Gasteiger partial charge in [0, 0.05) is 5.56 Å². The summed E-state index contributed by atoms with van der Waals surface area (Å²) in [5.74, 6) is 0. The van der Waals surface area contributed by atoms with Crippen LogP contribution >= 0.6 is 0 Å². The Bertz CT molecular complexity index is 328. The van der Waals surface area contributed by atoms with E-state index in [9.17, 15) is 4.79 Å². The molecular weight excluding hydrogens is 152 g/mol. The van der Waals surface area contributed by atoms with E-state index in [-0.39, 0.29) is 5.56 Å². The number of nitrogens with zero attached hydrogens (tertiary/aromatic N) is 1. The molecule has 0 aliphatic rings. The molecule has 66 valence electrons. The van der Waals surface area contributed by atoms with Crippen molar-refractivity contribution in [1.82, 2.24) is 10.2 Å². The summed E-state index contributed by atoms with van der Waals surface area (Å²) >= 11 is 0. The van der Waals surface area contributed by atoms with E-state index in [1.807, 2.05) is 13.8 Å². The number of aromatic amines is 1. The largest absolute Gasteiger partial charge is 0.268 e. The number of nitrogens with one attached hydrogen (secondary N) is 1. The Balaban J connectivity index is 3.23. The molecule has 1 heterocycles. The predicted molar refractivity (Wildman–Crippen MR) is 48.3 cm³/mol. The van der Waals surface area contributed by atoms with E-state index in [4.69, 9.17) is 0 Å². The molecule has 0 aromatic carbocycles. The number of rotatable bonds is 2. The number of hydrogen-bond acceptors (Lipinski definition) is 2. The van der Waals surface area contributed by atoms with Gasteiger partial charge in [0.1, 0.15) is 0 Å². The monoisotopic (exact) mass is 166 g/mol. The molecule has 0 aliphatic carbocycles. The van der Waals surface area contributed by atoms with Crippen molar-refractivity contribution >= 4 is 0 Å². The maximum absolute atomic E-state index is 11.3. The lowest BCUT2D eigenvalue weighted by Gasteiger charge is -2.03. The predicted octanol–water partition coefficient (Wildman–Crippen LogP) is 1.34. The zero-order valence-electron chi connectivity index (χ0n) is 7.77. The van der Waals surface area contributed by atoms with Gasteiger partial charge in [0.05, 0.1) is 5.69 Å². The van der Waals surface area contributed by atoms with Gasteiger partial charge in [0.25, 0.3) is 5.56 Å². The molecule has 0 saturated heterocycles. The third-order valence-electron chi connectivity index (χ3n) is 2.09. The first-order valence-corrected chi connectivity index (χ1v) is 4.21. The summed E-state index contributed by atoms with van der Waals surface area (Å²) in [7, 11) is 0. The molecule has 0 spiro atoms. The summed E-state index contributed by atoms with van der Waals surface area (Å²) in [6, 6.07) is 0. The summed E-state index contributed by atoms with van der Waals surface area (Å²) in [6.45, 7) is 5.92. The van der Waals surface area contributed by atoms with E-state index in [0.29, 0.717) is 0 Å². The smallest absolute Gasteiger partial charge is 0.267 e. The highest BCUT2D eigenvalue weighted by atomic mass is 16.1. The fourth-order valence-electron chi connectivity index (χ4n) is 1.23. The first kappa shape index (κ1) is 8.97. The Morgan fingerprint density at radius 1 is 1.42 bits per heavy atom. The van der Waals surface area contributed by atoms with Crippen LogP contribution < -0.4 is 5.56 Å². The molecular formula is C9H14N2O. The fraction of sp³-hybridized carbons (Fsp3) is 0.556. The number of H-pyrrole nitrogens is 1. The topological polar surface area (TPSA) is 45.8 Å². The van der Waals surface area contributed by atoms with Crippen molar-refractivity contribution < 1.29 is 0 Å². The summed E-state index contributed by atoms with van der Waals surface area (Å²) in [4.78, 5) is 11.3. The Labute approximate surface area is 71.8 Å². The molecule has 0 aliphatic heterocycles.